The summed E-state index contributed by atoms with van der Waals surface area (Å²) in [6, 6.07) is 0. The Morgan fingerprint density at radius 3 is 2.76 bits per heavy atom. The van der Waals surface area contributed by atoms with Gasteiger partial charge in [0.25, 0.3) is 0 Å². The highest BCUT2D eigenvalue weighted by Gasteiger charge is 2.10. The summed E-state index contributed by atoms with van der Waals surface area (Å²) in [5.74, 6) is 0.0726. The van der Waals surface area contributed by atoms with Gasteiger partial charge in [0.1, 0.15) is 0 Å². The maximum Gasteiger partial charge on any atom is 0.222 e. The van der Waals surface area contributed by atoms with E-state index in [1.54, 1.807) is 0 Å². The third-order valence-corrected chi connectivity index (χ3v) is 2.91. The van der Waals surface area contributed by atoms with Gasteiger partial charge in [-0.1, -0.05) is 0 Å². The predicted molar refractivity (Wildman–Crippen MR) is 67.8 cm³/mol. The maximum absolute atomic E-state index is 11.4. The van der Waals surface area contributed by atoms with E-state index in [0.717, 1.165) is 19.5 Å². The molecule has 1 heterocycles. The van der Waals surface area contributed by atoms with Gasteiger partial charge in [-0.2, -0.15) is 0 Å². The smallest absolute Gasteiger partial charge is 0.222 e. The van der Waals surface area contributed by atoms with Crippen molar-refractivity contribution in [2.45, 2.75) is 25.7 Å². The van der Waals surface area contributed by atoms with E-state index < -0.39 is 0 Å². The van der Waals surface area contributed by atoms with Crippen LogP contribution in [0.4, 0.5) is 0 Å². The topological polar surface area (TPSA) is 67.6 Å². The molecule has 0 saturated carbocycles. The minimum absolute atomic E-state index is 0.0726. The van der Waals surface area contributed by atoms with Crippen molar-refractivity contribution in [3.63, 3.8) is 0 Å². The summed E-state index contributed by atoms with van der Waals surface area (Å²) < 4.78 is 5.15. The molecule has 0 atom stereocenters. The fraction of sp³-hybridized carbons (Fsp3) is 0.917. The fourth-order valence-corrected chi connectivity index (χ4v) is 1.98. The Morgan fingerprint density at radius 1 is 1.29 bits per heavy atom. The highest BCUT2D eigenvalue weighted by molar-refractivity contribution is 5.75. The summed E-state index contributed by atoms with van der Waals surface area (Å²) in [6.07, 6.45) is 4.12. The van der Waals surface area contributed by atoms with Crippen molar-refractivity contribution in [2.24, 2.45) is 5.73 Å². The molecule has 0 aliphatic carbocycles. The SMILES string of the molecule is NCCOCCC(=O)NCCCN1CCCC1. The number of amides is 1. The lowest BCUT2D eigenvalue weighted by Gasteiger charge is -2.14. The van der Waals surface area contributed by atoms with Crippen LogP contribution in [-0.4, -0.2) is 56.7 Å². The number of hydrogen-bond acceptors (Lipinski definition) is 4. The highest BCUT2D eigenvalue weighted by atomic mass is 16.5. The average molecular weight is 243 g/mol. The van der Waals surface area contributed by atoms with Gasteiger partial charge in [-0.25, -0.2) is 0 Å². The molecule has 17 heavy (non-hydrogen) atoms. The number of hydrogen-bond donors (Lipinski definition) is 2. The van der Waals surface area contributed by atoms with Gasteiger partial charge in [0, 0.05) is 19.5 Å². The van der Waals surface area contributed by atoms with Crippen molar-refractivity contribution < 1.29 is 9.53 Å². The van der Waals surface area contributed by atoms with Crippen molar-refractivity contribution in [1.29, 1.82) is 0 Å². The van der Waals surface area contributed by atoms with Gasteiger partial charge in [-0.15, -0.1) is 0 Å². The minimum atomic E-state index is 0.0726. The van der Waals surface area contributed by atoms with Crippen molar-refractivity contribution in [1.82, 2.24) is 10.2 Å². The summed E-state index contributed by atoms with van der Waals surface area (Å²) in [6.45, 7) is 5.83. The lowest BCUT2D eigenvalue weighted by Crippen LogP contribution is -2.29. The second kappa shape index (κ2) is 9.39. The van der Waals surface area contributed by atoms with E-state index >= 15 is 0 Å². The molecule has 3 N–H and O–H groups in total. The van der Waals surface area contributed by atoms with Gasteiger partial charge in [-0.3, -0.25) is 4.79 Å². The normalized spacial score (nSPS) is 16.3. The van der Waals surface area contributed by atoms with Crippen molar-refractivity contribution in [2.75, 3.05) is 45.9 Å². The zero-order chi connectivity index (χ0) is 12.3. The number of nitrogens with zero attached hydrogens (tertiary/aromatic N) is 1. The largest absolute Gasteiger partial charge is 0.380 e. The van der Waals surface area contributed by atoms with Crippen LogP contribution in [0.25, 0.3) is 0 Å². The Bertz CT molecular complexity index is 206. The van der Waals surface area contributed by atoms with E-state index in [0.29, 0.717) is 26.2 Å². The second-order valence-corrected chi connectivity index (χ2v) is 4.40. The van der Waals surface area contributed by atoms with E-state index in [-0.39, 0.29) is 5.91 Å². The molecule has 0 bridgehead atoms. The third-order valence-electron chi connectivity index (χ3n) is 2.91. The molecule has 1 amide bonds. The molecule has 1 aliphatic rings. The Hall–Kier alpha value is -0.650. The molecular weight excluding hydrogens is 218 g/mol. The molecule has 0 aromatic carbocycles. The van der Waals surface area contributed by atoms with Gasteiger partial charge in [0.2, 0.25) is 5.91 Å². The lowest BCUT2D eigenvalue weighted by molar-refractivity contribution is -0.122. The molecule has 0 spiro atoms. The van der Waals surface area contributed by atoms with E-state index in [1.165, 1.54) is 25.9 Å². The van der Waals surface area contributed by atoms with Crippen LogP contribution in [0.15, 0.2) is 0 Å². The molecule has 5 heteroatoms. The quantitative estimate of drug-likeness (QED) is 0.557. The number of rotatable bonds is 9. The van der Waals surface area contributed by atoms with Crippen LogP contribution in [0.1, 0.15) is 25.7 Å². The second-order valence-electron chi connectivity index (χ2n) is 4.40. The Balaban J connectivity index is 1.85. The van der Waals surface area contributed by atoms with E-state index in [2.05, 4.69) is 10.2 Å². The molecule has 0 aromatic heterocycles. The van der Waals surface area contributed by atoms with Crippen LogP contribution in [0.2, 0.25) is 0 Å². The Labute approximate surface area is 104 Å². The first kappa shape index (κ1) is 14.4. The first-order chi connectivity index (χ1) is 8.33. The monoisotopic (exact) mass is 243 g/mol. The molecule has 0 radical (unpaired) electrons. The first-order valence-corrected chi connectivity index (χ1v) is 6.60. The summed E-state index contributed by atoms with van der Waals surface area (Å²) in [5.41, 5.74) is 5.27. The van der Waals surface area contributed by atoms with Crippen LogP contribution in [0.5, 0.6) is 0 Å². The molecule has 0 unspecified atom stereocenters. The highest BCUT2D eigenvalue weighted by Crippen LogP contribution is 2.06. The molecule has 1 fully saturated rings. The number of ether oxygens (including phenoxy) is 1. The lowest BCUT2D eigenvalue weighted by atomic mass is 10.3. The van der Waals surface area contributed by atoms with Gasteiger partial charge >= 0.3 is 0 Å². The molecular formula is C12H25N3O2. The summed E-state index contributed by atoms with van der Waals surface area (Å²) >= 11 is 0. The number of carbonyl (C=O) groups is 1. The molecule has 1 rings (SSSR count). The number of likely N-dealkylation sites (tertiary alicyclic amines) is 1. The molecule has 100 valence electrons. The van der Waals surface area contributed by atoms with Crippen LogP contribution >= 0.6 is 0 Å². The fourth-order valence-electron chi connectivity index (χ4n) is 1.98. The van der Waals surface area contributed by atoms with E-state index in [1.807, 2.05) is 0 Å². The number of nitrogens with two attached hydrogens (primary N) is 1. The van der Waals surface area contributed by atoms with Gasteiger partial charge in [0.15, 0.2) is 0 Å². The maximum atomic E-state index is 11.4. The molecule has 0 aromatic rings. The first-order valence-electron chi connectivity index (χ1n) is 6.60. The predicted octanol–water partition coefficient (Wildman–Crippen LogP) is -0.0461. The van der Waals surface area contributed by atoms with Crippen molar-refractivity contribution in [3.8, 4) is 0 Å². The summed E-state index contributed by atoms with van der Waals surface area (Å²) in [7, 11) is 0. The summed E-state index contributed by atoms with van der Waals surface area (Å²) in [5, 5.41) is 2.91. The van der Waals surface area contributed by atoms with Crippen LogP contribution in [-0.2, 0) is 9.53 Å². The van der Waals surface area contributed by atoms with Gasteiger partial charge in [-0.05, 0) is 38.9 Å². The van der Waals surface area contributed by atoms with Crippen LogP contribution in [0.3, 0.4) is 0 Å². The Kier molecular flexibility index (Phi) is 7.96. The van der Waals surface area contributed by atoms with Crippen molar-refractivity contribution in [3.05, 3.63) is 0 Å². The Morgan fingerprint density at radius 2 is 2.06 bits per heavy atom. The van der Waals surface area contributed by atoms with Crippen LogP contribution < -0.4 is 11.1 Å². The third kappa shape index (κ3) is 7.31. The van der Waals surface area contributed by atoms with Gasteiger partial charge in [0.05, 0.1) is 13.2 Å². The number of nitrogens with one attached hydrogen (secondary N) is 1. The van der Waals surface area contributed by atoms with Gasteiger partial charge < -0.3 is 20.7 Å². The van der Waals surface area contributed by atoms with E-state index in [9.17, 15) is 4.79 Å². The molecule has 1 saturated heterocycles. The van der Waals surface area contributed by atoms with Crippen molar-refractivity contribution >= 4 is 5.91 Å². The zero-order valence-corrected chi connectivity index (χ0v) is 10.6. The zero-order valence-electron chi connectivity index (χ0n) is 10.6. The molecule has 1 aliphatic heterocycles. The molecule has 5 nitrogen and oxygen atoms in total. The summed E-state index contributed by atoms with van der Waals surface area (Å²) in [4.78, 5) is 13.8. The number of carbonyl (C=O) groups excluding carboxylic acids is 1. The van der Waals surface area contributed by atoms with E-state index in [4.69, 9.17) is 10.5 Å². The standard InChI is InChI=1S/C12H25N3O2/c13-5-11-17-10-4-12(16)14-6-3-9-15-7-1-2-8-15/h1-11,13H2,(H,14,16). The minimum Gasteiger partial charge on any atom is -0.380 e. The van der Waals surface area contributed by atoms with Crippen LogP contribution in [0, 0.1) is 0 Å². The average Bonchev–Trinajstić information content (AvgIpc) is 2.83.